The molecule has 0 saturated heterocycles. The fourth-order valence-electron chi connectivity index (χ4n) is 4.14. The molecule has 1 aliphatic carbocycles. The van der Waals surface area contributed by atoms with Crippen molar-refractivity contribution in [2.45, 2.75) is 38.1 Å². The molecule has 2 heterocycles. The molecular weight excluding hydrogens is 308 g/mol. The second-order valence-corrected chi connectivity index (χ2v) is 7.06. The van der Waals surface area contributed by atoms with Crippen LogP contribution in [0.1, 0.15) is 48.0 Å². The van der Waals surface area contributed by atoms with Gasteiger partial charge in [-0.25, -0.2) is 0 Å². The van der Waals surface area contributed by atoms with Crippen molar-refractivity contribution in [1.82, 2.24) is 10.3 Å². The number of nitrogens with zero attached hydrogens (tertiary/aromatic N) is 1. The van der Waals surface area contributed by atoms with E-state index in [2.05, 4.69) is 23.3 Å². The number of carbonyl (C=O) groups is 1. The van der Waals surface area contributed by atoms with E-state index in [1.54, 1.807) is 6.20 Å². The number of hydrogen-bond acceptors (Lipinski definition) is 2. The van der Waals surface area contributed by atoms with Gasteiger partial charge in [0.2, 0.25) is 0 Å². The summed E-state index contributed by atoms with van der Waals surface area (Å²) in [6, 6.07) is 9.93. The van der Waals surface area contributed by atoms with E-state index >= 15 is 0 Å². The van der Waals surface area contributed by atoms with Crippen LogP contribution in [0.25, 0.3) is 11.3 Å². The molecule has 118 valence electrons. The summed E-state index contributed by atoms with van der Waals surface area (Å²) in [5.41, 5.74) is 3.73. The molecule has 4 heteroatoms. The SMILES string of the molecule is CC1CCCC2NC(=O)c3ccc(-c4ncccc4Cl)cc3C12. The van der Waals surface area contributed by atoms with Gasteiger partial charge >= 0.3 is 0 Å². The van der Waals surface area contributed by atoms with E-state index in [1.165, 1.54) is 12.8 Å². The Morgan fingerprint density at radius 2 is 2.13 bits per heavy atom. The third-order valence-corrected chi connectivity index (χ3v) is 5.53. The maximum absolute atomic E-state index is 12.4. The second kappa shape index (κ2) is 5.64. The molecule has 1 N–H and O–H groups in total. The van der Waals surface area contributed by atoms with Crippen LogP contribution in [0.4, 0.5) is 0 Å². The predicted octanol–water partition coefficient (Wildman–Crippen LogP) is 4.42. The van der Waals surface area contributed by atoms with Crippen LogP contribution in [0, 0.1) is 5.92 Å². The number of halogens is 1. The number of amides is 1. The summed E-state index contributed by atoms with van der Waals surface area (Å²) < 4.78 is 0. The second-order valence-electron chi connectivity index (χ2n) is 6.65. The Balaban J connectivity index is 1.85. The van der Waals surface area contributed by atoms with E-state index < -0.39 is 0 Å². The molecule has 0 bridgehead atoms. The molecule has 2 aromatic rings. The average molecular weight is 327 g/mol. The van der Waals surface area contributed by atoms with E-state index in [4.69, 9.17) is 11.6 Å². The number of aromatic nitrogens is 1. The van der Waals surface area contributed by atoms with Gasteiger partial charge < -0.3 is 5.32 Å². The van der Waals surface area contributed by atoms with Crippen LogP contribution in [0.5, 0.6) is 0 Å². The first-order valence-corrected chi connectivity index (χ1v) is 8.58. The van der Waals surface area contributed by atoms with Crippen LogP contribution < -0.4 is 5.32 Å². The fraction of sp³-hybridized carbons (Fsp3) is 0.368. The van der Waals surface area contributed by atoms with Crippen LogP contribution in [0.3, 0.4) is 0 Å². The third-order valence-electron chi connectivity index (χ3n) is 5.22. The van der Waals surface area contributed by atoms with Crippen LogP contribution in [-0.4, -0.2) is 16.9 Å². The molecular formula is C19H19ClN2O. The van der Waals surface area contributed by atoms with E-state index in [-0.39, 0.29) is 11.9 Å². The van der Waals surface area contributed by atoms with Crippen LogP contribution >= 0.6 is 11.6 Å². The van der Waals surface area contributed by atoms with Gasteiger partial charge in [-0.2, -0.15) is 0 Å². The number of rotatable bonds is 1. The van der Waals surface area contributed by atoms with E-state index in [1.807, 2.05) is 24.3 Å². The van der Waals surface area contributed by atoms with Gasteiger partial charge in [0.25, 0.3) is 5.91 Å². The van der Waals surface area contributed by atoms with Gasteiger partial charge in [-0.15, -0.1) is 0 Å². The zero-order chi connectivity index (χ0) is 16.0. The summed E-state index contributed by atoms with van der Waals surface area (Å²) in [5.74, 6) is 1.01. The number of benzene rings is 1. The zero-order valence-corrected chi connectivity index (χ0v) is 13.8. The molecule has 4 rings (SSSR count). The maximum Gasteiger partial charge on any atom is 0.251 e. The monoisotopic (exact) mass is 326 g/mol. The van der Waals surface area contributed by atoms with Crippen molar-refractivity contribution < 1.29 is 4.79 Å². The van der Waals surface area contributed by atoms with Crippen molar-refractivity contribution in [3.8, 4) is 11.3 Å². The number of pyridine rings is 1. The highest BCUT2D eigenvalue weighted by molar-refractivity contribution is 6.33. The summed E-state index contributed by atoms with van der Waals surface area (Å²) >= 11 is 6.29. The first-order chi connectivity index (χ1) is 11.1. The molecule has 3 nitrogen and oxygen atoms in total. The van der Waals surface area contributed by atoms with Crippen molar-refractivity contribution in [3.05, 3.63) is 52.7 Å². The number of carbonyl (C=O) groups excluding carboxylic acids is 1. The van der Waals surface area contributed by atoms with Crippen molar-refractivity contribution in [3.63, 3.8) is 0 Å². The van der Waals surface area contributed by atoms with Crippen LogP contribution in [0.2, 0.25) is 5.02 Å². The summed E-state index contributed by atoms with van der Waals surface area (Å²) in [5, 5.41) is 3.83. The van der Waals surface area contributed by atoms with Gasteiger partial charge in [0, 0.05) is 29.3 Å². The molecule has 1 aliphatic heterocycles. The summed E-state index contributed by atoms with van der Waals surface area (Å²) in [6.07, 6.45) is 5.21. The smallest absolute Gasteiger partial charge is 0.251 e. The quantitative estimate of drug-likeness (QED) is 0.843. The third kappa shape index (κ3) is 2.43. The predicted molar refractivity (Wildman–Crippen MR) is 91.7 cm³/mol. The van der Waals surface area contributed by atoms with Crippen molar-refractivity contribution in [2.75, 3.05) is 0 Å². The topological polar surface area (TPSA) is 42.0 Å². The normalized spacial score (nSPS) is 26.2. The Morgan fingerprint density at radius 1 is 1.26 bits per heavy atom. The lowest BCUT2D eigenvalue weighted by molar-refractivity contribution is 0.0884. The number of nitrogens with one attached hydrogen (secondary N) is 1. The molecule has 3 atom stereocenters. The first kappa shape index (κ1) is 14.7. The van der Waals surface area contributed by atoms with E-state index in [9.17, 15) is 4.79 Å². The minimum Gasteiger partial charge on any atom is -0.349 e. The van der Waals surface area contributed by atoms with Gasteiger partial charge in [0.1, 0.15) is 0 Å². The van der Waals surface area contributed by atoms with Gasteiger partial charge in [0.05, 0.1) is 10.7 Å². The lowest BCUT2D eigenvalue weighted by atomic mass is 9.70. The lowest BCUT2D eigenvalue weighted by Crippen LogP contribution is -2.48. The molecule has 23 heavy (non-hydrogen) atoms. The minimum atomic E-state index is 0.0500. The van der Waals surface area contributed by atoms with Gasteiger partial charge in [-0.1, -0.05) is 31.0 Å². The van der Waals surface area contributed by atoms with E-state index in [0.29, 0.717) is 16.9 Å². The number of hydrogen-bond donors (Lipinski definition) is 1. The molecule has 0 spiro atoms. The molecule has 1 amide bonds. The summed E-state index contributed by atoms with van der Waals surface area (Å²) in [7, 11) is 0. The van der Waals surface area contributed by atoms with Gasteiger partial charge in [0.15, 0.2) is 0 Å². The molecule has 1 aromatic carbocycles. The zero-order valence-electron chi connectivity index (χ0n) is 13.1. The minimum absolute atomic E-state index is 0.0500. The molecule has 2 aliphatic rings. The fourth-order valence-corrected chi connectivity index (χ4v) is 4.37. The highest BCUT2D eigenvalue weighted by Gasteiger charge is 2.39. The average Bonchev–Trinajstić information content (AvgIpc) is 2.55. The van der Waals surface area contributed by atoms with Crippen molar-refractivity contribution in [2.24, 2.45) is 5.92 Å². The Hall–Kier alpha value is -1.87. The molecule has 0 radical (unpaired) electrons. The van der Waals surface area contributed by atoms with E-state index in [0.717, 1.165) is 28.8 Å². The maximum atomic E-state index is 12.4. The van der Waals surface area contributed by atoms with Gasteiger partial charge in [-0.05, 0) is 48.6 Å². The summed E-state index contributed by atoms with van der Waals surface area (Å²) in [4.78, 5) is 16.8. The van der Waals surface area contributed by atoms with Crippen molar-refractivity contribution in [1.29, 1.82) is 0 Å². The largest absolute Gasteiger partial charge is 0.349 e. The Bertz CT molecular complexity index is 774. The Morgan fingerprint density at radius 3 is 2.96 bits per heavy atom. The summed E-state index contributed by atoms with van der Waals surface area (Å²) in [6.45, 7) is 2.29. The highest BCUT2D eigenvalue weighted by atomic mass is 35.5. The standard InChI is InChI=1S/C19H19ClN2O/c1-11-4-2-6-16-17(11)14-10-12(7-8-13(14)19(23)22-16)18-15(20)5-3-9-21-18/h3,5,7-11,16-17H,2,4,6H2,1H3,(H,22,23). The highest BCUT2D eigenvalue weighted by Crippen LogP contribution is 2.43. The van der Waals surface area contributed by atoms with Gasteiger partial charge in [-0.3, -0.25) is 9.78 Å². The Kier molecular flexibility index (Phi) is 3.61. The van der Waals surface area contributed by atoms with Crippen LogP contribution in [-0.2, 0) is 0 Å². The van der Waals surface area contributed by atoms with Crippen molar-refractivity contribution >= 4 is 17.5 Å². The first-order valence-electron chi connectivity index (χ1n) is 8.21. The molecule has 1 saturated carbocycles. The van der Waals surface area contributed by atoms with Crippen LogP contribution in [0.15, 0.2) is 36.5 Å². The molecule has 3 unspecified atom stereocenters. The molecule has 1 aromatic heterocycles. The number of fused-ring (bicyclic) bond motifs is 3. The lowest BCUT2D eigenvalue weighted by Gasteiger charge is -2.41. The Labute approximate surface area is 141 Å². The molecule has 1 fully saturated rings.